The van der Waals surface area contributed by atoms with Crippen molar-refractivity contribution in [3.63, 3.8) is 0 Å². The van der Waals surface area contributed by atoms with Crippen molar-refractivity contribution in [2.45, 2.75) is 26.7 Å². The van der Waals surface area contributed by atoms with Crippen LogP contribution in [0.5, 0.6) is 5.75 Å². The van der Waals surface area contributed by atoms with Gasteiger partial charge in [-0.2, -0.15) is 0 Å². The molecule has 0 atom stereocenters. The van der Waals surface area contributed by atoms with Gasteiger partial charge < -0.3 is 15.2 Å². The fraction of sp³-hybridized carbons (Fsp3) is 0.389. The van der Waals surface area contributed by atoms with Crippen LogP contribution in [0.1, 0.15) is 35.1 Å². The van der Waals surface area contributed by atoms with Crippen molar-refractivity contribution in [1.82, 2.24) is 10.3 Å². The van der Waals surface area contributed by atoms with Crippen molar-refractivity contribution in [3.8, 4) is 16.3 Å². The lowest BCUT2D eigenvalue weighted by Crippen LogP contribution is -2.34. The zero-order valence-corrected chi connectivity index (χ0v) is 15.0. The van der Waals surface area contributed by atoms with Crippen LogP contribution in [0.3, 0.4) is 0 Å². The average Bonchev–Trinajstić information content (AvgIpc) is 3.30. The number of thiazole rings is 1. The number of benzene rings is 1. The molecule has 6 nitrogen and oxygen atoms in total. The van der Waals surface area contributed by atoms with E-state index in [-0.39, 0.29) is 12.5 Å². The maximum atomic E-state index is 12.4. The first-order chi connectivity index (χ1) is 11.9. The minimum absolute atomic E-state index is 0.164. The zero-order chi connectivity index (χ0) is 18.0. The summed E-state index contributed by atoms with van der Waals surface area (Å²) in [5.74, 6) is -0.315. The van der Waals surface area contributed by atoms with Crippen molar-refractivity contribution < 1.29 is 19.4 Å². The summed E-state index contributed by atoms with van der Waals surface area (Å²) >= 11 is 1.31. The number of aliphatic carboxylic acids is 1. The summed E-state index contributed by atoms with van der Waals surface area (Å²) in [6, 6.07) is 7.57. The smallest absolute Gasteiger partial charge is 0.311 e. The number of carbonyl (C=O) groups excluding carboxylic acids is 1. The Kier molecular flexibility index (Phi) is 4.76. The summed E-state index contributed by atoms with van der Waals surface area (Å²) in [6.07, 6.45) is 1.23. The van der Waals surface area contributed by atoms with E-state index in [1.807, 2.05) is 31.2 Å². The highest BCUT2D eigenvalue weighted by atomic mass is 32.1. The molecule has 1 heterocycles. The maximum Gasteiger partial charge on any atom is 0.311 e. The van der Waals surface area contributed by atoms with Gasteiger partial charge in [0.25, 0.3) is 5.91 Å². The lowest BCUT2D eigenvalue weighted by Gasteiger charge is -2.10. The quantitative estimate of drug-likeness (QED) is 0.792. The Labute approximate surface area is 149 Å². The summed E-state index contributed by atoms with van der Waals surface area (Å²) < 4.78 is 5.42. The summed E-state index contributed by atoms with van der Waals surface area (Å²) in [6.45, 7) is 4.49. The van der Waals surface area contributed by atoms with Crippen molar-refractivity contribution in [2.75, 3.05) is 13.2 Å². The minimum atomic E-state index is -0.844. The van der Waals surface area contributed by atoms with E-state index in [2.05, 4.69) is 10.3 Å². The molecule has 0 bridgehead atoms. The highest BCUT2D eigenvalue weighted by Crippen LogP contribution is 2.45. The Bertz CT molecular complexity index is 794. The number of aryl methyl sites for hydroxylation is 1. The van der Waals surface area contributed by atoms with Gasteiger partial charge in [-0.05, 0) is 51.0 Å². The second kappa shape index (κ2) is 6.84. The molecule has 0 unspecified atom stereocenters. The lowest BCUT2D eigenvalue weighted by atomic mass is 10.1. The van der Waals surface area contributed by atoms with Crippen LogP contribution in [0.25, 0.3) is 10.6 Å². The number of carbonyl (C=O) groups is 2. The molecule has 1 saturated carbocycles. The fourth-order valence-electron chi connectivity index (χ4n) is 2.54. The Morgan fingerprint density at radius 3 is 2.56 bits per heavy atom. The van der Waals surface area contributed by atoms with E-state index in [0.717, 1.165) is 16.3 Å². The van der Waals surface area contributed by atoms with Gasteiger partial charge in [-0.15, -0.1) is 11.3 Å². The normalized spacial score (nSPS) is 14.8. The van der Waals surface area contributed by atoms with Crippen LogP contribution in [-0.2, 0) is 4.79 Å². The third-order valence-electron chi connectivity index (χ3n) is 4.31. The number of hydrogen-bond donors (Lipinski definition) is 2. The number of hydrogen-bond acceptors (Lipinski definition) is 5. The summed E-state index contributed by atoms with van der Waals surface area (Å²) in [4.78, 5) is 28.6. The fourth-order valence-corrected chi connectivity index (χ4v) is 3.53. The molecule has 1 aromatic carbocycles. The van der Waals surface area contributed by atoms with Crippen LogP contribution < -0.4 is 10.1 Å². The monoisotopic (exact) mass is 360 g/mol. The number of amides is 1. The Morgan fingerprint density at radius 1 is 1.32 bits per heavy atom. The molecule has 1 aliphatic carbocycles. The Balaban J connectivity index is 1.71. The maximum absolute atomic E-state index is 12.4. The largest absolute Gasteiger partial charge is 0.494 e. The topological polar surface area (TPSA) is 88.5 Å². The first-order valence-electron chi connectivity index (χ1n) is 8.17. The van der Waals surface area contributed by atoms with E-state index in [1.54, 1.807) is 6.92 Å². The van der Waals surface area contributed by atoms with Crippen LogP contribution in [0.4, 0.5) is 0 Å². The molecule has 3 rings (SSSR count). The van der Waals surface area contributed by atoms with Gasteiger partial charge >= 0.3 is 5.97 Å². The predicted molar refractivity (Wildman–Crippen MR) is 95.1 cm³/mol. The molecule has 2 aromatic rings. The van der Waals surface area contributed by atoms with E-state index in [4.69, 9.17) is 4.74 Å². The van der Waals surface area contributed by atoms with Crippen molar-refractivity contribution >= 4 is 23.2 Å². The van der Waals surface area contributed by atoms with Gasteiger partial charge in [0, 0.05) is 12.1 Å². The van der Waals surface area contributed by atoms with E-state index >= 15 is 0 Å². The van der Waals surface area contributed by atoms with Gasteiger partial charge in [-0.1, -0.05) is 0 Å². The number of carboxylic acids is 1. The molecule has 1 fully saturated rings. The molecular weight excluding hydrogens is 340 g/mol. The van der Waals surface area contributed by atoms with Gasteiger partial charge in [0.2, 0.25) is 0 Å². The minimum Gasteiger partial charge on any atom is -0.494 e. The van der Waals surface area contributed by atoms with Gasteiger partial charge in [-0.3, -0.25) is 9.59 Å². The molecule has 0 spiro atoms. The third-order valence-corrected chi connectivity index (χ3v) is 5.51. The zero-order valence-electron chi connectivity index (χ0n) is 14.2. The number of rotatable bonds is 7. The number of carboxylic acid groups (broad SMARTS) is 1. The average molecular weight is 360 g/mol. The summed E-state index contributed by atoms with van der Waals surface area (Å²) in [7, 11) is 0. The number of aromatic nitrogens is 1. The van der Waals surface area contributed by atoms with E-state index in [1.165, 1.54) is 11.3 Å². The molecule has 7 heteroatoms. The number of nitrogens with one attached hydrogen (secondary N) is 1. The number of nitrogens with zero attached hydrogens (tertiary/aromatic N) is 1. The molecule has 0 saturated heterocycles. The van der Waals surface area contributed by atoms with Crippen LogP contribution in [0.2, 0.25) is 0 Å². The van der Waals surface area contributed by atoms with Gasteiger partial charge in [0.1, 0.15) is 15.6 Å². The van der Waals surface area contributed by atoms with Crippen LogP contribution in [-0.4, -0.2) is 35.1 Å². The Morgan fingerprint density at radius 2 is 2.00 bits per heavy atom. The van der Waals surface area contributed by atoms with Crippen molar-refractivity contribution in [1.29, 1.82) is 0 Å². The highest BCUT2D eigenvalue weighted by Gasteiger charge is 2.50. The molecule has 0 radical (unpaired) electrons. The SMILES string of the molecule is CCOc1ccc(-c2nc(C)c(C(=O)NCC3(C(=O)O)CC3)s2)cc1. The molecule has 1 amide bonds. The Hall–Kier alpha value is -2.41. The van der Waals surface area contributed by atoms with Gasteiger partial charge in [0.05, 0.1) is 17.7 Å². The van der Waals surface area contributed by atoms with E-state index in [0.29, 0.717) is 30.0 Å². The van der Waals surface area contributed by atoms with Crippen LogP contribution in [0, 0.1) is 12.3 Å². The lowest BCUT2D eigenvalue weighted by molar-refractivity contribution is -0.143. The van der Waals surface area contributed by atoms with E-state index in [9.17, 15) is 14.7 Å². The molecular formula is C18H20N2O4S. The predicted octanol–water partition coefficient (Wildman–Crippen LogP) is 3.11. The summed E-state index contributed by atoms with van der Waals surface area (Å²) in [5, 5.41) is 12.7. The first kappa shape index (κ1) is 17.4. The second-order valence-corrected chi connectivity index (χ2v) is 7.16. The number of ether oxygens (including phenoxy) is 1. The van der Waals surface area contributed by atoms with Gasteiger partial charge in [0.15, 0.2) is 0 Å². The standard InChI is InChI=1S/C18H20N2O4S/c1-3-24-13-6-4-12(5-7-13)16-20-11(2)14(25-16)15(21)19-10-18(8-9-18)17(22)23/h4-7H,3,8-10H2,1-2H3,(H,19,21)(H,22,23). The summed E-state index contributed by atoms with van der Waals surface area (Å²) in [5.41, 5.74) is 0.790. The van der Waals surface area contributed by atoms with Crippen LogP contribution in [0.15, 0.2) is 24.3 Å². The molecule has 0 aliphatic heterocycles. The highest BCUT2D eigenvalue weighted by molar-refractivity contribution is 7.17. The molecule has 2 N–H and O–H groups in total. The van der Waals surface area contributed by atoms with Crippen LogP contribution >= 0.6 is 11.3 Å². The van der Waals surface area contributed by atoms with Crippen molar-refractivity contribution in [2.24, 2.45) is 5.41 Å². The first-order valence-corrected chi connectivity index (χ1v) is 8.99. The second-order valence-electron chi connectivity index (χ2n) is 6.16. The molecule has 1 aliphatic rings. The molecule has 1 aromatic heterocycles. The molecule has 132 valence electrons. The van der Waals surface area contributed by atoms with E-state index < -0.39 is 11.4 Å². The van der Waals surface area contributed by atoms with Gasteiger partial charge in [-0.25, -0.2) is 4.98 Å². The molecule has 25 heavy (non-hydrogen) atoms. The third kappa shape index (κ3) is 3.66. The van der Waals surface area contributed by atoms with Crippen molar-refractivity contribution in [3.05, 3.63) is 34.8 Å².